The van der Waals surface area contributed by atoms with Crippen molar-refractivity contribution in [1.82, 2.24) is 25.0 Å². The molecule has 18 heteroatoms. The quantitative estimate of drug-likeness (QED) is 0.0784. The summed E-state index contributed by atoms with van der Waals surface area (Å²) < 4.78 is 41.3. The van der Waals surface area contributed by atoms with Crippen molar-refractivity contribution in [2.24, 2.45) is 11.3 Å². The number of piperidine rings is 3. The van der Waals surface area contributed by atoms with Gasteiger partial charge in [0, 0.05) is 93.6 Å². The molecule has 16 nitrogen and oxygen atoms in total. The van der Waals surface area contributed by atoms with Crippen LogP contribution in [-0.2, 0) is 14.4 Å². The Hall–Kier alpha value is -7.44. The van der Waals surface area contributed by atoms with Gasteiger partial charge < -0.3 is 40.1 Å². The van der Waals surface area contributed by atoms with Gasteiger partial charge >= 0.3 is 0 Å². The second-order valence-electron chi connectivity index (χ2n) is 20.4. The number of benzene rings is 4. The van der Waals surface area contributed by atoms with E-state index in [9.17, 15) is 28.4 Å². The fourth-order valence-corrected chi connectivity index (χ4v) is 11.5. The van der Waals surface area contributed by atoms with Gasteiger partial charge in [0.15, 0.2) is 0 Å². The number of pyridine rings is 1. The van der Waals surface area contributed by atoms with Gasteiger partial charge in [0.1, 0.15) is 40.3 Å². The Labute approximate surface area is 427 Å². The maximum absolute atomic E-state index is 15.6. The Balaban J connectivity index is 0.648. The van der Waals surface area contributed by atoms with E-state index >= 15 is 4.39 Å². The molecule has 0 spiro atoms. The smallest absolute Gasteiger partial charge is 0.264 e. The molecule has 5 aromatic rings. The first-order valence-corrected chi connectivity index (χ1v) is 25.6. The average Bonchev–Trinajstić information content (AvgIpc) is 4.19. The van der Waals surface area contributed by atoms with Crippen molar-refractivity contribution in [3.8, 4) is 17.2 Å². The van der Waals surface area contributed by atoms with Crippen molar-refractivity contribution in [2.75, 3.05) is 86.4 Å². The maximum atomic E-state index is 15.6. The van der Waals surface area contributed by atoms with Crippen LogP contribution in [0.1, 0.15) is 72.1 Å². The predicted molar refractivity (Wildman–Crippen MR) is 276 cm³/mol. The number of fused-ring (bicyclic) bond motifs is 2. The average molecular weight is 1010 g/mol. The summed E-state index contributed by atoms with van der Waals surface area (Å²) in [6.45, 7) is 11.6. The van der Waals surface area contributed by atoms with Crippen molar-refractivity contribution in [3.63, 3.8) is 0 Å². The number of ether oxygens (including phenoxy) is 2. The minimum Gasteiger partial charge on any atom is -0.495 e. The first kappa shape index (κ1) is 48.8. The SMILES string of the molecule is C=C1CCC(N2C(=O)c3ccc(F)c(N4CCC(N5CCN(CC6CCN(c7cc8nccc(Oc9ccc(NC(=O)C%10(C(=O)Nc%11ccc(F)cc%11)CC%10)cc9)c8cc7OC)CC6)CC5)CC4)c3C2=O)C(=O)N1. The highest BCUT2D eigenvalue weighted by Crippen LogP contribution is 2.48. The molecule has 0 bridgehead atoms. The number of imide groups is 1. The van der Waals surface area contributed by atoms with Crippen LogP contribution in [0.5, 0.6) is 17.2 Å². The molecule has 11 rings (SSSR count). The summed E-state index contributed by atoms with van der Waals surface area (Å²) in [5.41, 5.74) is 2.45. The van der Waals surface area contributed by atoms with Crippen LogP contribution in [0.25, 0.3) is 10.9 Å². The molecule has 1 aromatic heterocycles. The molecule has 1 saturated carbocycles. The van der Waals surface area contributed by atoms with Gasteiger partial charge in [-0.2, -0.15) is 0 Å². The predicted octanol–water partition coefficient (Wildman–Crippen LogP) is 7.56. The van der Waals surface area contributed by atoms with E-state index in [4.69, 9.17) is 14.5 Å². The highest BCUT2D eigenvalue weighted by atomic mass is 19.1. The second kappa shape index (κ2) is 20.1. The number of nitrogens with zero attached hydrogens (tertiary/aromatic N) is 6. The van der Waals surface area contributed by atoms with Crippen LogP contribution in [0.4, 0.5) is 31.5 Å². The van der Waals surface area contributed by atoms with E-state index in [1.807, 2.05) is 17.0 Å². The van der Waals surface area contributed by atoms with E-state index in [1.54, 1.807) is 37.6 Å². The van der Waals surface area contributed by atoms with Crippen LogP contribution in [0.2, 0.25) is 0 Å². The van der Waals surface area contributed by atoms with Crippen molar-refractivity contribution in [1.29, 1.82) is 0 Å². The number of nitrogens with one attached hydrogen (secondary N) is 3. The largest absolute Gasteiger partial charge is 0.495 e. The van der Waals surface area contributed by atoms with E-state index in [2.05, 4.69) is 43.3 Å². The number of aromatic nitrogens is 1. The zero-order valence-electron chi connectivity index (χ0n) is 41.3. The molecule has 1 atom stereocenters. The van der Waals surface area contributed by atoms with Crippen LogP contribution in [-0.4, -0.2) is 127 Å². The summed E-state index contributed by atoms with van der Waals surface area (Å²) in [5.74, 6) is -0.939. The van der Waals surface area contributed by atoms with Gasteiger partial charge in [-0.3, -0.25) is 38.8 Å². The fourth-order valence-electron chi connectivity index (χ4n) is 11.5. The van der Waals surface area contributed by atoms with Crippen LogP contribution in [0, 0.1) is 23.0 Å². The summed E-state index contributed by atoms with van der Waals surface area (Å²) >= 11 is 0. The van der Waals surface area contributed by atoms with Crippen LogP contribution < -0.4 is 35.2 Å². The molecule has 5 aliphatic heterocycles. The summed E-state index contributed by atoms with van der Waals surface area (Å²) in [6, 6.07) is 20.3. The molecule has 0 radical (unpaired) electrons. The van der Waals surface area contributed by atoms with E-state index in [0.29, 0.717) is 72.9 Å². The van der Waals surface area contributed by atoms with Crippen molar-refractivity contribution >= 4 is 63.2 Å². The number of piperazine rings is 1. The Kier molecular flexibility index (Phi) is 13.3. The summed E-state index contributed by atoms with van der Waals surface area (Å²) in [4.78, 5) is 81.5. The Bertz CT molecular complexity index is 3040. The molecular weight excluding hydrogens is 949 g/mol. The minimum absolute atomic E-state index is 0.0604. The number of amides is 5. The monoisotopic (exact) mass is 1010 g/mol. The van der Waals surface area contributed by atoms with Crippen LogP contribution >= 0.6 is 0 Å². The molecule has 5 amide bonds. The zero-order chi connectivity index (χ0) is 51.3. The molecular formula is C56H59F2N9O7. The molecule has 1 aliphatic carbocycles. The van der Waals surface area contributed by atoms with Gasteiger partial charge in [0.2, 0.25) is 17.7 Å². The topological polar surface area (TPSA) is 169 Å². The number of methoxy groups -OCH3 is 1. The lowest BCUT2D eigenvalue weighted by Gasteiger charge is -2.44. The third-order valence-corrected chi connectivity index (χ3v) is 15.9. The minimum atomic E-state index is -1.18. The lowest BCUT2D eigenvalue weighted by molar-refractivity contribution is -0.131. The molecule has 4 aromatic carbocycles. The Morgan fingerprint density at radius 2 is 1.43 bits per heavy atom. The third kappa shape index (κ3) is 9.52. The van der Waals surface area contributed by atoms with Gasteiger partial charge in [-0.15, -0.1) is 0 Å². The molecule has 4 saturated heterocycles. The summed E-state index contributed by atoms with van der Waals surface area (Å²) in [6.07, 6.45) is 7.03. The van der Waals surface area contributed by atoms with Gasteiger partial charge in [-0.25, -0.2) is 8.78 Å². The first-order valence-electron chi connectivity index (χ1n) is 25.6. The number of carbonyl (C=O) groups excluding carboxylic acids is 5. The zero-order valence-corrected chi connectivity index (χ0v) is 41.3. The molecule has 384 valence electrons. The molecule has 5 fully saturated rings. The Morgan fingerprint density at radius 1 is 0.770 bits per heavy atom. The van der Waals surface area contributed by atoms with Gasteiger partial charge in [-0.05, 0) is 136 Å². The van der Waals surface area contributed by atoms with Crippen LogP contribution in [0.15, 0.2) is 97.3 Å². The van der Waals surface area contributed by atoms with E-state index in [-0.39, 0.29) is 23.2 Å². The van der Waals surface area contributed by atoms with E-state index in [0.717, 1.165) is 98.7 Å². The highest BCUT2D eigenvalue weighted by Gasteiger charge is 2.56. The number of hydrogen-bond acceptors (Lipinski definition) is 12. The van der Waals surface area contributed by atoms with Crippen LogP contribution in [0.3, 0.4) is 0 Å². The molecule has 3 N–H and O–H groups in total. The normalized spacial score (nSPS) is 20.6. The lowest BCUT2D eigenvalue weighted by atomic mass is 9.95. The second-order valence-corrected chi connectivity index (χ2v) is 20.4. The number of hydrogen-bond donors (Lipinski definition) is 3. The molecule has 1 unspecified atom stereocenters. The van der Waals surface area contributed by atoms with E-state index < -0.39 is 52.6 Å². The molecule has 6 heterocycles. The standard InChI is InChI=1S/C56H59F2N9O7/c1-34-3-14-45(51(68)60-34)67-52(69)41-12-13-43(58)50(49(41)53(67)70)66-25-18-39(19-26-66)64-29-27-63(28-30-64)33-35-16-23-65(24-17-35)46-32-44-42(31-48(46)73-2)47(15-22-59-44)74-40-10-8-38(9-11-40)62-55(72)56(20-21-56)54(71)61-37-6-4-36(57)5-7-37/h4-13,15,22,31-32,35,39,45H,1,3,14,16-21,23-30,33H2,2H3,(H,60,68)(H,61,71)(H,62,72). The van der Waals surface area contributed by atoms with Gasteiger partial charge in [0.05, 0.1) is 35.1 Å². The first-order chi connectivity index (χ1) is 35.8. The summed E-state index contributed by atoms with van der Waals surface area (Å²) in [5, 5.41) is 9.05. The third-order valence-electron chi connectivity index (χ3n) is 15.9. The Morgan fingerprint density at radius 3 is 2.08 bits per heavy atom. The van der Waals surface area contributed by atoms with Gasteiger partial charge in [0.25, 0.3) is 11.8 Å². The van der Waals surface area contributed by atoms with Crippen molar-refractivity contribution < 1.29 is 42.2 Å². The van der Waals surface area contributed by atoms with Crippen molar-refractivity contribution in [3.05, 3.63) is 120 Å². The number of allylic oxidation sites excluding steroid dienone is 1. The van der Waals surface area contributed by atoms with E-state index in [1.165, 1.54) is 36.4 Å². The molecule has 6 aliphatic rings. The number of carbonyl (C=O) groups is 5. The number of anilines is 4. The number of halogens is 2. The van der Waals surface area contributed by atoms with Crippen molar-refractivity contribution in [2.45, 2.75) is 63.5 Å². The molecule has 74 heavy (non-hydrogen) atoms. The fraction of sp³-hybridized carbons (Fsp3) is 0.393. The highest BCUT2D eigenvalue weighted by molar-refractivity contribution is 6.25. The number of rotatable bonds is 13. The summed E-state index contributed by atoms with van der Waals surface area (Å²) in [7, 11) is 1.67. The maximum Gasteiger partial charge on any atom is 0.264 e. The lowest BCUT2D eigenvalue weighted by Crippen LogP contribution is -2.54. The van der Waals surface area contributed by atoms with Gasteiger partial charge in [-0.1, -0.05) is 6.58 Å².